The quantitative estimate of drug-likeness (QED) is 0.856. The fourth-order valence-corrected chi connectivity index (χ4v) is 2.99. The van der Waals surface area contributed by atoms with Gasteiger partial charge in [-0.2, -0.15) is 0 Å². The predicted molar refractivity (Wildman–Crippen MR) is 86.2 cm³/mol. The van der Waals surface area contributed by atoms with Gasteiger partial charge in [-0.05, 0) is 44.9 Å². The van der Waals surface area contributed by atoms with E-state index in [1.165, 1.54) is 7.11 Å². The van der Waals surface area contributed by atoms with E-state index in [2.05, 4.69) is 5.32 Å². The lowest BCUT2D eigenvalue weighted by molar-refractivity contribution is -0.313. The van der Waals surface area contributed by atoms with Crippen molar-refractivity contribution in [3.63, 3.8) is 0 Å². The van der Waals surface area contributed by atoms with Crippen LogP contribution in [0.3, 0.4) is 0 Å². The second-order valence-corrected chi connectivity index (χ2v) is 6.27. The number of hydrogen-bond acceptors (Lipinski definition) is 4. The molecule has 0 saturated carbocycles. The standard InChI is InChI=1S/C17H20ClNO4/c1-9-6-12(13(17(21)22)7-10(9)2)16(20)19-14-8-11(18)4-5-15(14)23-3/h4-5,8,12-13H,6-7H2,1-3H3,(H,19,20)(H,21,22)/p-1/t12-,13-/m1/s1. The summed E-state index contributed by atoms with van der Waals surface area (Å²) in [6.07, 6.45) is 0.734. The van der Waals surface area contributed by atoms with E-state index in [0.29, 0.717) is 29.3 Å². The van der Waals surface area contributed by atoms with Gasteiger partial charge in [-0.1, -0.05) is 22.7 Å². The molecule has 1 aromatic carbocycles. The van der Waals surface area contributed by atoms with Crippen LogP contribution in [0.25, 0.3) is 0 Å². The van der Waals surface area contributed by atoms with Crippen molar-refractivity contribution in [1.29, 1.82) is 0 Å². The number of allylic oxidation sites excluding steroid dienone is 2. The van der Waals surface area contributed by atoms with E-state index in [-0.39, 0.29) is 5.91 Å². The maximum atomic E-state index is 12.6. The number of anilines is 1. The van der Waals surface area contributed by atoms with E-state index in [0.717, 1.165) is 11.1 Å². The Labute approximate surface area is 140 Å². The minimum Gasteiger partial charge on any atom is -0.550 e. The van der Waals surface area contributed by atoms with E-state index in [1.807, 2.05) is 13.8 Å². The Morgan fingerprint density at radius 3 is 2.39 bits per heavy atom. The molecule has 23 heavy (non-hydrogen) atoms. The molecule has 5 nitrogen and oxygen atoms in total. The second kappa shape index (κ2) is 7.04. The SMILES string of the molecule is COc1ccc(Cl)cc1NC(=O)[C@@H]1CC(C)=C(C)C[C@H]1C(=O)[O-]. The molecule has 6 heteroatoms. The number of hydrogen-bond donors (Lipinski definition) is 1. The zero-order chi connectivity index (χ0) is 17.1. The first kappa shape index (κ1) is 17.3. The lowest BCUT2D eigenvalue weighted by atomic mass is 9.76. The molecule has 0 bridgehead atoms. The Morgan fingerprint density at radius 2 is 1.83 bits per heavy atom. The zero-order valence-electron chi connectivity index (χ0n) is 13.3. The van der Waals surface area contributed by atoms with E-state index >= 15 is 0 Å². The Hall–Kier alpha value is -2.01. The van der Waals surface area contributed by atoms with Crippen molar-refractivity contribution in [3.05, 3.63) is 34.4 Å². The Balaban J connectivity index is 2.25. The molecule has 0 heterocycles. The lowest BCUT2D eigenvalue weighted by Gasteiger charge is -2.32. The lowest BCUT2D eigenvalue weighted by Crippen LogP contribution is -2.42. The molecule has 2 atom stereocenters. The van der Waals surface area contributed by atoms with Crippen molar-refractivity contribution in [3.8, 4) is 5.75 Å². The van der Waals surface area contributed by atoms with Crippen LogP contribution >= 0.6 is 11.6 Å². The van der Waals surface area contributed by atoms with E-state index in [4.69, 9.17) is 16.3 Å². The topological polar surface area (TPSA) is 78.5 Å². The zero-order valence-corrected chi connectivity index (χ0v) is 14.1. The van der Waals surface area contributed by atoms with Crippen LogP contribution in [0, 0.1) is 11.8 Å². The van der Waals surface area contributed by atoms with Crippen LogP contribution in [0.5, 0.6) is 5.75 Å². The number of rotatable bonds is 4. The van der Waals surface area contributed by atoms with Crippen LogP contribution in [0.1, 0.15) is 26.7 Å². The fraction of sp³-hybridized carbons (Fsp3) is 0.412. The van der Waals surface area contributed by atoms with Gasteiger partial charge >= 0.3 is 0 Å². The molecule has 0 saturated heterocycles. The van der Waals surface area contributed by atoms with E-state index in [9.17, 15) is 14.7 Å². The largest absolute Gasteiger partial charge is 0.550 e. The average molecular weight is 337 g/mol. The van der Waals surface area contributed by atoms with Gasteiger partial charge < -0.3 is 20.0 Å². The number of carbonyl (C=O) groups is 2. The minimum atomic E-state index is -1.20. The highest BCUT2D eigenvalue weighted by molar-refractivity contribution is 6.31. The van der Waals surface area contributed by atoms with Crippen molar-refractivity contribution in [2.24, 2.45) is 11.8 Å². The highest BCUT2D eigenvalue weighted by Crippen LogP contribution is 2.36. The van der Waals surface area contributed by atoms with Crippen molar-refractivity contribution in [2.75, 3.05) is 12.4 Å². The van der Waals surface area contributed by atoms with E-state index in [1.54, 1.807) is 18.2 Å². The van der Waals surface area contributed by atoms with Gasteiger partial charge in [-0.25, -0.2) is 0 Å². The van der Waals surface area contributed by atoms with Crippen LogP contribution in [0.4, 0.5) is 5.69 Å². The molecule has 0 aromatic heterocycles. The van der Waals surface area contributed by atoms with Gasteiger partial charge in [0.1, 0.15) is 5.75 Å². The highest BCUT2D eigenvalue weighted by Gasteiger charge is 2.33. The van der Waals surface area contributed by atoms with Crippen LogP contribution in [0.15, 0.2) is 29.3 Å². The number of carboxylic acid groups (broad SMARTS) is 1. The first-order valence-corrected chi connectivity index (χ1v) is 7.71. The molecule has 0 unspecified atom stereocenters. The number of aliphatic carboxylic acids is 1. The average Bonchev–Trinajstić information content (AvgIpc) is 2.49. The van der Waals surface area contributed by atoms with Crippen molar-refractivity contribution in [2.45, 2.75) is 26.7 Å². The van der Waals surface area contributed by atoms with Gasteiger partial charge in [0, 0.05) is 16.9 Å². The molecule has 1 aliphatic carbocycles. The summed E-state index contributed by atoms with van der Waals surface area (Å²) >= 11 is 5.95. The number of amides is 1. The molecular formula is C17H19ClNO4-. The summed E-state index contributed by atoms with van der Waals surface area (Å²) in [7, 11) is 1.49. The maximum Gasteiger partial charge on any atom is 0.228 e. The number of ether oxygens (including phenoxy) is 1. The summed E-state index contributed by atoms with van der Waals surface area (Å²) in [5.41, 5.74) is 2.47. The molecule has 0 fully saturated rings. The highest BCUT2D eigenvalue weighted by atomic mass is 35.5. The van der Waals surface area contributed by atoms with Crippen LogP contribution in [0.2, 0.25) is 5.02 Å². The Bertz CT molecular complexity index is 669. The summed E-state index contributed by atoms with van der Waals surface area (Å²) in [5.74, 6) is -2.61. The maximum absolute atomic E-state index is 12.6. The molecule has 124 valence electrons. The summed E-state index contributed by atoms with van der Waals surface area (Å²) < 4.78 is 5.19. The summed E-state index contributed by atoms with van der Waals surface area (Å²) in [6.45, 7) is 3.81. The Kier molecular flexibility index (Phi) is 5.31. The summed E-state index contributed by atoms with van der Waals surface area (Å²) in [6, 6.07) is 4.87. The molecular weight excluding hydrogens is 318 g/mol. The van der Waals surface area contributed by atoms with Gasteiger partial charge in [0.15, 0.2) is 0 Å². The van der Waals surface area contributed by atoms with Crippen molar-refractivity contribution >= 4 is 29.2 Å². The normalized spacial score (nSPS) is 21.0. The predicted octanol–water partition coefficient (Wildman–Crippen LogP) is 2.40. The summed E-state index contributed by atoms with van der Waals surface area (Å²) in [4.78, 5) is 24.0. The van der Waals surface area contributed by atoms with Crippen molar-refractivity contribution in [1.82, 2.24) is 0 Å². The molecule has 0 spiro atoms. The third kappa shape index (κ3) is 3.85. The van der Waals surface area contributed by atoms with Crippen LogP contribution < -0.4 is 15.2 Å². The Morgan fingerprint density at radius 1 is 1.22 bits per heavy atom. The molecule has 1 N–H and O–H groups in total. The fourth-order valence-electron chi connectivity index (χ4n) is 2.82. The number of halogens is 1. The monoisotopic (exact) mass is 336 g/mol. The first-order valence-electron chi connectivity index (χ1n) is 7.34. The van der Waals surface area contributed by atoms with Gasteiger partial charge in [0.2, 0.25) is 5.91 Å². The van der Waals surface area contributed by atoms with Gasteiger partial charge in [-0.15, -0.1) is 0 Å². The smallest absolute Gasteiger partial charge is 0.228 e. The second-order valence-electron chi connectivity index (χ2n) is 5.83. The van der Waals surface area contributed by atoms with Crippen LogP contribution in [-0.4, -0.2) is 19.0 Å². The molecule has 2 rings (SSSR count). The summed E-state index contributed by atoms with van der Waals surface area (Å²) in [5, 5.41) is 14.6. The number of benzene rings is 1. The van der Waals surface area contributed by atoms with Crippen molar-refractivity contribution < 1.29 is 19.4 Å². The molecule has 1 amide bonds. The minimum absolute atomic E-state index is 0.332. The molecule has 0 aliphatic heterocycles. The third-order valence-corrected chi connectivity index (χ3v) is 4.56. The number of carboxylic acids is 1. The third-order valence-electron chi connectivity index (χ3n) is 4.33. The number of methoxy groups -OCH3 is 1. The molecule has 0 radical (unpaired) electrons. The molecule has 1 aromatic rings. The number of carbonyl (C=O) groups excluding carboxylic acids is 2. The first-order chi connectivity index (χ1) is 10.8. The van der Waals surface area contributed by atoms with Crippen LogP contribution in [-0.2, 0) is 9.59 Å². The van der Waals surface area contributed by atoms with E-state index < -0.39 is 17.8 Å². The number of nitrogens with one attached hydrogen (secondary N) is 1. The van der Waals surface area contributed by atoms with Gasteiger partial charge in [0.05, 0.1) is 18.7 Å². The van der Waals surface area contributed by atoms with Gasteiger partial charge in [0.25, 0.3) is 0 Å². The molecule has 1 aliphatic rings. The van der Waals surface area contributed by atoms with Gasteiger partial charge in [-0.3, -0.25) is 4.79 Å².